The summed E-state index contributed by atoms with van der Waals surface area (Å²) >= 11 is 0. The third-order valence-corrected chi connectivity index (χ3v) is 1.86. The number of nitrogens with one attached hydrogen (secondary N) is 1. The number of rotatable bonds is 3. The van der Waals surface area contributed by atoms with Crippen LogP contribution in [-0.2, 0) is 0 Å². The molecular weight excluding hydrogens is 162 g/mol. The van der Waals surface area contributed by atoms with Gasteiger partial charge in [0.15, 0.2) is 0 Å². The Kier molecular flexibility index (Phi) is 3.43. The van der Waals surface area contributed by atoms with E-state index in [0.29, 0.717) is 0 Å². The Balaban J connectivity index is 0.00000169. The molecule has 0 saturated heterocycles. The Morgan fingerprint density at radius 2 is 2.31 bits per heavy atom. The second-order valence-corrected chi connectivity index (χ2v) is 2.81. The summed E-state index contributed by atoms with van der Waals surface area (Å²) in [7, 11) is 0. The summed E-state index contributed by atoms with van der Waals surface area (Å²) in [6.07, 6.45) is 2.02. The van der Waals surface area contributed by atoms with Crippen molar-refractivity contribution in [1.82, 2.24) is 10.2 Å². The lowest BCUT2D eigenvalue weighted by atomic mass is 10.2. The minimum atomic E-state index is 0. The first kappa shape index (κ1) is 9.71. The zero-order valence-corrected chi connectivity index (χ0v) is 8.33. The molecule has 0 radical (unpaired) electrons. The van der Waals surface area contributed by atoms with Gasteiger partial charge in [0, 0.05) is 7.97 Å². The van der Waals surface area contributed by atoms with Crippen molar-refractivity contribution in [3.63, 3.8) is 0 Å². The van der Waals surface area contributed by atoms with E-state index < -0.39 is 0 Å². The van der Waals surface area contributed by atoms with E-state index in [1.54, 1.807) is 0 Å². The molecule has 0 aromatic carbocycles. The van der Waals surface area contributed by atoms with Crippen LogP contribution in [0.5, 0.6) is 0 Å². The highest BCUT2D eigenvalue weighted by molar-refractivity contribution is 5.60. The van der Waals surface area contributed by atoms with Crippen LogP contribution >= 0.6 is 0 Å². The molecule has 0 atom stereocenters. The summed E-state index contributed by atoms with van der Waals surface area (Å²) in [4.78, 5) is 0. The van der Waals surface area contributed by atoms with E-state index in [0.717, 1.165) is 23.6 Å². The van der Waals surface area contributed by atoms with Crippen LogP contribution in [0, 0.1) is 0 Å². The summed E-state index contributed by atoms with van der Waals surface area (Å²) < 4.78 is 0. The van der Waals surface area contributed by atoms with Crippen LogP contribution in [0.1, 0.15) is 27.9 Å². The maximum atomic E-state index is 4.09. The molecule has 3 nitrogen and oxygen atoms in total. The molecule has 3 heteroatoms. The van der Waals surface area contributed by atoms with Gasteiger partial charge < -0.3 is 5.32 Å². The Hall–Kier alpha value is -1.38. The molecule has 1 heterocycles. The third kappa shape index (κ3) is 2.54. The molecule has 0 saturated carbocycles. The second-order valence-electron chi connectivity index (χ2n) is 2.81. The molecule has 0 spiro atoms. The van der Waals surface area contributed by atoms with Crippen LogP contribution < -0.4 is 5.32 Å². The van der Waals surface area contributed by atoms with Crippen molar-refractivity contribution in [1.29, 1.82) is 0 Å². The molecule has 1 N–H and O–H groups in total. The third-order valence-electron chi connectivity index (χ3n) is 1.86. The molecular formula is C10H17N3. The zero-order chi connectivity index (χ0) is 9.68. The summed E-state index contributed by atoms with van der Waals surface area (Å²) in [6.45, 7) is 6.93. The van der Waals surface area contributed by atoms with E-state index >= 15 is 0 Å². The number of hydrogen-bond acceptors (Lipinski definition) is 3. The first-order valence-electron chi connectivity index (χ1n) is 4.48. The van der Waals surface area contributed by atoms with Crippen LogP contribution in [0.25, 0.3) is 5.57 Å². The minimum Gasteiger partial charge on any atom is -0.369 e. The average molecular weight is 179 g/mol. The van der Waals surface area contributed by atoms with Crippen LogP contribution in [0.3, 0.4) is 0 Å². The van der Waals surface area contributed by atoms with Gasteiger partial charge >= 0.3 is 0 Å². The second kappa shape index (κ2) is 4.60. The van der Waals surface area contributed by atoms with Crippen molar-refractivity contribution in [2.24, 2.45) is 0 Å². The maximum absolute atomic E-state index is 4.09. The van der Waals surface area contributed by atoms with E-state index in [2.05, 4.69) is 15.5 Å². The summed E-state index contributed by atoms with van der Waals surface area (Å²) in [6, 6.07) is 3.92. The monoisotopic (exact) mass is 179 g/mol. The lowest BCUT2D eigenvalue weighted by molar-refractivity contribution is 0.993. The maximum Gasteiger partial charge on any atom is 0.148 e. The first-order valence-corrected chi connectivity index (χ1v) is 4.48. The normalized spacial score (nSPS) is 11.5. The highest BCUT2D eigenvalue weighted by Crippen LogP contribution is 2.10. The van der Waals surface area contributed by atoms with Gasteiger partial charge in [-0.25, -0.2) is 0 Å². The van der Waals surface area contributed by atoms with Crippen molar-refractivity contribution in [3.8, 4) is 0 Å². The van der Waals surface area contributed by atoms with Gasteiger partial charge in [0.1, 0.15) is 5.82 Å². The SMILES string of the molecule is CC=C(C)c1ccc(NCC)nn1.[HH]. The van der Waals surface area contributed by atoms with Gasteiger partial charge in [-0.1, -0.05) is 6.08 Å². The van der Waals surface area contributed by atoms with Crippen LogP contribution in [0.4, 0.5) is 5.82 Å². The van der Waals surface area contributed by atoms with Crippen molar-refractivity contribution < 1.29 is 1.43 Å². The van der Waals surface area contributed by atoms with E-state index in [-0.39, 0.29) is 1.43 Å². The largest absolute Gasteiger partial charge is 0.369 e. The Morgan fingerprint density at radius 3 is 2.77 bits per heavy atom. The van der Waals surface area contributed by atoms with Crippen molar-refractivity contribution >= 4 is 11.4 Å². The van der Waals surface area contributed by atoms with E-state index in [1.807, 2.05) is 39.0 Å². The fraction of sp³-hybridized carbons (Fsp3) is 0.400. The zero-order valence-electron chi connectivity index (χ0n) is 8.33. The summed E-state index contributed by atoms with van der Waals surface area (Å²) in [5.41, 5.74) is 2.08. The minimum absolute atomic E-state index is 0. The fourth-order valence-corrected chi connectivity index (χ4v) is 0.966. The number of allylic oxidation sites excluding steroid dienone is 2. The molecule has 1 rings (SSSR count). The number of nitrogens with zero attached hydrogens (tertiary/aromatic N) is 2. The molecule has 72 valence electrons. The van der Waals surface area contributed by atoms with Gasteiger partial charge in [-0.05, 0) is 38.5 Å². The molecule has 0 aliphatic rings. The average Bonchev–Trinajstić information content (AvgIpc) is 2.18. The lowest BCUT2D eigenvalue weighted by Gasteiger charge is -2.02. The van der Waals surface area contributed by atoms with Crippen molar-refractivity contribution in [3.05, 3.63) is 23.9 Å². The summed E-state index contributed by atoms with van der Waals surface area (Å²) in [5.74, 6) is 0.829. The smallest absolute Gasteiger partial charge is 0.148 e. The topological polar surface area (TPSA) is 37.8 Å². The number of anilines is 1. The Morgan fingerprint density at radius 1 is 1.54 bits per heavy atom. The van der Waals surface area contributed by atoms with Crippen molar-refractivity contribution in [2.75, 3.05) is 11.9 Å². The highest BCUT2D eigenvalue weighted by Gasteiger charge is 1.97. The highest BCUT2D eigenvalue weighted by atomic mass is 15.2. The summed E-state index contributed by atoms with van der Waals surface area (Å²) in [5, 5.41) is 11.2. The molecule has 0 aliphatic carbocycles. The van der Waals surface area contributed by atoms with Gasteiger partial charge in [-0.15, -0.1) is 10.2 Å². The molecule has 13 heavy (non-hydrogen) atoms. The molecule has 0 fully saturated rings. The Labute approximate surface area is 80.4 Å². The van der Waals surface area contributed by atoms with Crippen LogP contribution in [0.15, 0.2) is 18.2 Å². The molecule has 0 bridgehead atoms. The molecule has 0 unspecified atom stereocenters. The predicted molar refractivity (Wildman–Crippen MR) is 57.6 cm³/mol. The van der Waals surface area contributed by atoms with Gasteiger partial charge in [0.05, 0.1) is 5.69 Å². The van der Waals surface area contributed by atoms with Crippen molar-refractivity contribution in [2.45, 2.75) is 20.8 Å². The van der Waals surface area contributed by atoms with Gasteiger partial charge in [-0.2, -0.15) is 0 Å². The standard InChI is InChI=1S/C10H15N3.H2/c1-4-8(3)9-6-7-10(11-5-2)13-12-9;/h4,6-7H,5H2,1-3H3,(H,11,13);1H. The van der Waals surface area contributed by atoms with E-state index in [1.165, 1.54) is 0 Å². The fourth-order valence-electron chi connectivity index (χ4n) is 0.966. The molecule has 1 aromatic rings. The molecule has 0 amide bonds. The molecule has 0 aliphatic heterocycles. The van der Waals surface area contributed by atoms with E-state index in [9.17, 15) is 0 Å². The van der Waals surface area contributed by atoms with Crippen LogP contribution in [-0.4, -0.2) is 16.7 Å². The first-order chi connectivity index (χ1) is 6.27. The van der Waals surface area contributed by atoms with Gasteiger partial charge in [0.25, 0.3) is 0 Å². The quantitative estimate of drug-likeness (QED) is 0.775. The van der Waals surface area contributed by atoms with Gasteiger partial charge in [-0.3, -0.25) is 0 Å². The van der Waals surface area contributed by atoms with E-state index in [4.69, 9.17) is 0 Å². The predicted octanol–water partition coefficient (Wildman–Crippen LogP) is 2.58. The number of aromatic nitrogens is 2. The van der Waals surface area contributed by atoms with Gasteiger partial charge in [0.2, 0.25) is 0 Å². The molecule has 1 aromatic heterocycles. The number of hydrogen-bond donors (Lipinski definition) is 1. The lowest BCUT2D eigenvalue weighted by Crippen LogP contribution is -2.01. The Bertz CT molecular complexity index is 293. The van der Waals surface area contributed by atoms with Crippen LogP contribution in [0.2, 0.25) is 0 Å².